The van der Waals surface area contributed by atoms with Crippen molar-refractivity contribution in [2.45, 2.75) is 32.4 Å². The van der Waals surface area contributed by atoms with Crippen molar-refractivity contribution in [1.82, 2.24) is 10.2 Å². The first-order chi connectivity index (χ1) is 13.1. The average molecular weight is 367 g/mol. The fourth-order valence-electron chi connectivity index (χ4n) is 3.31. The first-order valence-electron chi connectivity index (χ1n) is 9.22. The summed E-state index contributed by atoms with van der Waals surface area (Å²) in [5, 5.41) is 5.70. The van der Waals surface area contributed by atoms with Gasteiger partial charge in [-0.1, -0.05) is 42.5 Å². The van der Waals surface area contributed by atoms with Gasteiger partial charge in [0, 0.05) is 13.0 Å². The van der Waals surface area contributed by atoms with E-state index in [1.54, 1.807) is 6.07 Å². The normalized spacial score (nSPS) is 17.5. The molecule has 0 radical (unpaired) electrons. The average Bonchev–Trinajstić information content (AvgIpc) is 3.03. The molecule has 2 unspecified atom stereocenters. The summed E-state index contributed by atoms with van der Waals surface area (Å²) in [6.45, 7) is 4.91. The number of hydrogen-bond donors (Lipinski definition) is 2. The number of benzene rings is 2. The third-order valence-corrected chi connectivity index (χ3v) is 4.68. The Morgan fingerprint density at radius 2 is 1.89 bits per heavy atom. The van der Waals surface area contributed by atoms with Crippen molar-refractivity contribution in [3.8, 4) is 5.75 Å². The van der Waals surface area contributed by atoms with Gasteiger partial charge in [0.2, 0.25) is 5.91 Å². The van der Waals surface area contributed by atoms with Gasteiger partial charge in [0.15, 0.2) is 0 Å². The Kier molecular flexibility index (Phi) is 5.96. The molecular weight excluding hydrogens is 342 g/mol. The summed E-state index contributed by atoms with van der Waals surface area (Å²) in [7, 11) is 0. The van der Waals surface area contributed by atoms with E-state index < -0.39 is 0 Å². The van der Waals surface area contributed by atoms with Crippen LogP contribution in [-0.2, 0) is 4.79 Å². The van der Waals surface area contributed by atoms with Crippen LogP contribution in [-0.4, -0.2) is 36.0 Å². The molecule has 2 N–H and O–H groups in total. The highest BCUT2D eigenvalue weighted by molar-refractivity contribution is 5.92. The van der Waals surface area contributed by atoms with Gasteiger partial charge in [-0.25, -0.2) is 4.79 Å². The van der Waals surface area contributed by atoms with E-state index in [4.69, 9.17) is 4.74 Å². The lowest BCUT2D eigenvalue weighted by atomic mass is 10.1. The number of carbonyl (C=O) groups is 2. The molecule has 3 amide bonds. The summed E-state index contributed by atoms with van der Waals surface area (Å²) < 4.78 is 5.52. The van der Waals surface area contributed by atoms with Gasteiger partial charge in [-0.15, -0.1) is 0 Å². The summed E-state index contributed by atoms with van der Waals surface area (Å²) in [5.74, 6) is 0.670. The lowest BCUT2D eigenvalue weighted by molar-refractivity contribution is -0.129. The monoisotopic (exact) mass is 367 g/mol. The van der Waals surface area contributed by atoms with Crippen molar-refractivity contribution < 1.29 is 14.3 Å². The molecule has 6 nitrogen and oxygen atoms in total. The number of anilines is 1. The van der Waals surface area contributed by atoms with Crippen LogP contribution >= 0.6 is 0 Å². The summed E-state index contributed by atoms with van der Waals surface area (Å²) in [6, 6.07) is 16.6. The van der Waals surface area contributed by atoms with E-state index >= 15 is 0 Å². The summed E-state index contributed by atoms with van der Waals surface area (Å²) in [6.07, 6.45) is 0.303. The zero-order chi connectivity index (χ0) is 19.2. The van der Waals surface area contributed by atoms with E-state index in [-0.39, 0.29) is 24.0 Å². The van der Waals surface area contributed by atoms with Crippen LogP contribution in [0, 0.1) is 0 Å². The van der Waals surface area contributed by atoms with Crippen LogP contribution in [0.1, 0.15) is 31.9 Å². The number of nitrogens with one attached hydrogen (secondary N) is 2. The highest BCUT2D eigenvalue weighted by Gasteiger charge is 2.34. The molecule has 2 aromatic rings. The molecule has 1 saturated heterocycles. The second kappa shape index (κ2) is 8.58. The molecule has 142 valence electrons. The number of carbonyl (C=O) groups excluding carboxylic acids is 2. The van der Waals surface area contributed by atoms with Gasteiger partial charge in [0.05, 0.1) is 24.4 Å². The van der Waals surface area contributed by atoms with E-state index in [9.17, 15) is 9.59 Å². The molecule has 6 heteroatoms. The number of likely N-dealkylation sites (tertiary alicyclic amines) is 1. The maximum absolute atomic E-state index is 12.4. The summed E-state index contributed by atoms with van der Waals surface area (Å²) in [4.78, 5) is 26.6. The molecule has 1 aliphatic rings. The van der Waals surface area contributed by atoms with Gasteiger partial charge >= 0.3 is 6.03 Å². The summed E-state index contributed by atoms with van der Waals surface area (Å²) >= 11 is 0. The SMILES string of the molecule is CCOc1ccccc1NC(=O)NC1CC(=O)N(C(C)c2ccccc2)C1. The van der Waals surface area contributed by atoms with E-state index in [1.165, 1.54) is 0 Å². The van der Waals surface area contributed by atoms with Crippen LogP contribution in [0.15, 0.2) is 54.6 Å². The van der Waals surface area contributed by atoms with E-state index in [0.29, 0.717) is 31.0 Å². The fraction of sp³-hybridized carbons (Fsp3) is 0.333. The van der Waals surface area contributed by atoms with Gasteiger partial charge in [-0.2, -0.15) is 0 Å². The highest BCUT2D eigenvalue weighted by atomic mass is 16.5. The third kappa shape index (κ3) is 4.58. The lowest BCUT2D eigenvalue weighted by Gasteiger charge is -2.25. The summed E-state index contributed by atoms with van der Waals surface area (Å²) in [5.41, 5.74) is 1.69. The predicted octanol–water partition coefficient (Wildman–Crippen LogP) is 3.57. The zero-order valence-electron chi connectivity index (χ0n) is 15.6. The van der Waals surface area contributed by atoms with Gasteiger partial charge in [0.25, 0.3) is 0 Å². The first-order valence-corrected chi connectivity index (χ1v) is 9.22. The second-order valence-electron chi connectivity index (χ2n) is 6.56. The Morgan fingerprint density at radius 1 is 1.19 bits per heavy atom. The Bertz CT molecular complexity index is 794. The minimum atomic E-state index is -0.339. The van der Waals surface area contributed by atoms with Crippen molar-refractivity contribution in [2.24, 2.45) is 0 Å². The molecule has 3 rings (SSSR count). The van der Waals surface area contributed by atoms with Crippen LogP contribution in [0.3, 0.4) is 0 Å². The smallest absolute Gasteiger partial charge is 0.319 e. The zero-order valence-corrected chi connectivity index (χ0v) is 15.6. The lowest BCUT2D eigenvalue weighted by Crippen LogP contribution is -2.40. The molecule has 27 heavy (non-hydrogen) atoms. The number of rotatable bonds is 6. The number of hydrogen-bond acceptors (Lipinski definition) is 3. The minimum Gasteiger partial charge on any atom is -0.492 e. The van der Waals surface area contributed by atoms with Crippen molar-refractivity contribution in [2.75, 3.05) is 18.5 Å². The Morgan fingerprint density at radius 3 is 2.63 bits per heavy atom. The molecule has 0 aromatic heterocycles. The number of para-hydroxylation sites is 2. The topological polar surface area (TPSA) is 70.7 Å². The Hall–Kier alpha value is -3.02. The number of nitrogens with zero attached hydrogens (tertiary/aromatic N) is 1. The highest BCUT2D eigenvalue weighted by Crippen LogP contribution is 2.26. The predicted molar refractivity (Wildman–Crippen MR) is 105 cm³/mol. The van der Waals surface area contributed by atoms with E-state index in [1.807, 2.05) is 67.3 Å². The number of amides is 3. The maximum atomic E-state index is 12.4. The van der Waals surface area contributed by atoms with Gasteiger partial charge in [-0.3, -0.25) is 4.79 Å². The molecule has 0 bridgehead atoms. The van der Waals surface area contributed by atoms with E-state index in [0.717, 1.165) is 5.56 Å². The third-order valence-electron chi connectivity index (χ3n) is 4.68. The van der Waals surface area contributed by atoms with Crippen LogP contribution in [0.2, 0.25) is 0 Å². The Balaban J connectivity index is 1.59. The van der Waals surface area contributed by atoms with Gasteiger partial charge < -0.3 is 20.3 Å². The first kappa shape index (κ1) is 18.8. The maximum Gasteiger partial charge on any atom is 0.319 e. The van der Waals surface area contributed by atoms with Crippen LogP contribution < -0.4 is 15.4 Å². The molecule has 1 aliphatic heterocycles. The minimum absolute atomic E-state index is 0.0211. The molecule has 1 fully saturated rings. The van der Waals surface area contributed by atoms with Gasteiger partial charge in [-0.05, 0) is 31.5 Å². The van der Waals surface area contributed by atoms with Crippen molar-refractivity contribution >= 4 is 17.6 Å². The molecule has 0 spiro atoms. The van der Waals surface area contributed by atoms with Crippen LogP contribution in [0.5, 0.6) is 5.75 Å². The molecule has 1 heterocycles. The van der Waals surface area contributed by atoms with Crippen LogP contribution in [0.25, 0.3) is 0 Å². The van der Waals surface area contributed by atoms with Gasteiger partial charge in [0.1, 0.15) is 5.75 Å². The van der Waals surface area contributed by atoms with E-state index in [2.05, 4.69) is 10.6 Å². The van der Waals surface area contributed by atoms with Crippen molar-refractivity contribution in [1.29, 1.82) is 0 Å². The standard InChI is InChI=1S/C21H25N3O3/c1-3-27-19-12-8-7-11-18(19)23-21(26)22-17-13-20(25)24(14-17)15(2)16-9-5-4-6-10-16/h4-12,15,17H,3,13-14H2,1-2H3,(H2,22,23,26). The van der Waals surface area contributed by atoms with Crippen LogP contribution in [0.4, 0.5) is 10.5 Å². The van der Waals surface area contributed by atoms with Crippen molar-refractivity contribution in [3.05, 3.63) is 60.2 Å². The number of ether oxygens (including phenoxy) is 1. The molecule has 2 atom stereocenters. The fourth-order valence-corrected chi connectivity index (χ4v) is 3.31. The molecule has 0 aliphatic carbocycles. The second-order valence-corrected chi connectivity index (χ2v) is 6.56. The number of urea groups is 1. The Labute approximate surface area is 159 Å². The van der Waals surface area contributed by atoms with Crippen molar-refractivity contribution in [3.63, 3.8) is 0 Å². The quantitative estimate of drug-likeness (QED) is 0.820. The molecular formula is C21H25N3O3. The largest absolute Gasteiger partial charge is 0.492 e. The molecule has 0 saturated carbocycles. The molecule has 2 aromatic carbocycles.